The fourth-order valence-electron chi connectivity index (χ4n) is 1.43. The van der Waals surface area contributed by atoms with E-state index in [4.69, 9.17) is 5.11 Å². The molecule has 0 aromatic heterocycles. The SMILES string of the molecule is O=C(O)C(S)CCCCc1ccccc1. The molecule has 0 aliphatic carbocycles. The highest BCUT2D eigenvalue weighted by Gasteiger charge is 2.10. The third-order valence-electron chi connectivity index (χ3n) is 2.32. The van der Waals surface area contributed by atoms with Gasteiger partial charge in [0.1, 0.15) is 0 Å². The van der Waals surface area contributed by atoms with Gasteiger partial charge in [0.15, 0.2) is 0 Å². The summed E-state index contributed by atoms with van der Waals surface area (Å²) in [7, 11) is 0. The molecule has 15 heavy (non-hydrogen) atoms. The zero-order chi connectivity index (χ0) is 11.1. The molecular formula is C12H16O2S. The minimum Gasteiger partial charge on any atom is -0.480 e. The normalized spacial score (nSPS) is 12.3. The van der Waals surface area contributed by atoms with Crippen LogP contribution in [0.4, 0.5) is 0 Å². The van der Waals surface area contributed by atoms with E-state index in [2.05, 4.69) is 24.8 Å². The molecule has 1 N–H and O–H groups in total. The van der Waals surface area contributed by atoms with Crippen LogP contribution in [0.5, 0.6) is 0 Å². The first-order valence-electron chi connectivity index (χ1n) is 5.15. The number of carboxylic acids is 1. The van der Waals surface area contributed by atoms with Gasteiger partial charge in [0, 0.05) is 0 Å². The van der Waals surface area contributed by atoms with E-state index < -0.39 is 11.2 Å². The topological polar surface area (TPSA) is 37.3 Å². The minimum absolute atomic E-state index is 0.513. The van der Waals surface area contributed by atoms with Crippen LogP contribution in [0.15, 0.2) is 30.3 Å². The molecule has 0 fully saturated rings. The lowest BCUT2D eigenvalue weighted by molar-refractivity contribution is -0.136. The summed E-state index contributed by atoms with van der Waals surface area (Å²) < 4.78 is 0. The quantitative estimate of drug-likeness (QED) is 0.576. The zero-order valence-electron chi connectivity index (χ0n) is 8.60. The molecule has 0 aliphatic heterocycles. The smallest absolute Gasteiger partial charge is 0.316 e. The maximum absolute atomic E-state index is 10.5. The van der Waals surface area contributed by atoms with Gasteiger partial charge in [0.2, 0.25) is 0 Å². The van der Waals surface area contributed by atoms with Gasteiger partial charge < -0.3 is 5.11 Å². The molecule has 2 nitrogen and oxygen atoms in total. The number of carboxylic acid groups (broad SMARTS) is 1. The number of aliphatic carboxylic acids is 1. The van der Waals surface area contributed by atoms with Gasteiger partial charge in [-0.25, -0.2) is 0 Å². The van der Waals surface area contributed by atoms with Crippen molar-refractivity contribution in [2.75, 3.05) is 0 Å². The second-order valence-electron chi connectivity index (χ2n) is 3.59. The molecule has 0 radical (unpaired) electrons. The first kappa shape index (κ1) is 12.1. The second kappa shape index (κ2) is 6.51. The molecule has 1 aromatic rings. The van der Waals surface area contributed by atoms with Crippen LogP contribution in [0.2, 0.25) is 0 Å². The minimum atomic E-state index is -0.821. The Balaban J connectivity index is 2.15. The number of unbranched alkanes of at least 4 members (excludes halogenated alkanes) is 1. The molecule has 0 saturated heterocycles. The van der Waals surface area contributed by atoms with E-state index >= 15 is 0 Å². The maximum atomic E-state index is 10.5. The van der Waals surface area contributed by atoms with Gasteiger partial charge in [-0.3, -0.25) is 4.79 Å². The number of hydrogen-bond donors (Lipinski definition) is 2. The summed E-state index contributed by atoms with van der Waals surface area (Å²) in [5, 5.41) is 8.11. The number of benzene rings is 1. The standard InChI is InChI=1S/C12H16O2S/c13-12(14)11(15)9-5-4-8-10-6-2-1-3-7-10/h1-3,6-7,11,15H,4-5,8-9H2,(H,13,14). The van der Waals surface area contributed by atoms with Crippen LogP contribution in [0.25, 0.3) is 0 Å². The predicted molar refractivity (Wildman–Crippen MR) is 64.4 cm³/mol. The summed E-state index contributed by atoms with van der Waals surface area (Å²) in [6, 6.07) is 10.2. The Labute approximate surface area is 95.7 Å². The molecule has 0 heterocycles. The average Bonchev–Trinajstić information content (AvgIpc) is 2.25. The summed E-state index contributed by atoms with van der Waals surface area (Å²) in [5.74, 6) is -0.821. The van der Waals surface area contributed by atoms with E-state index in [0.717, 1.165) is 19.3 Å². The Kier molecular flexibility index (Phi) is 5.26. The highest BCUT2D eigenvalue weighted by molar-refractivity contribution is 7.81. The maximum Gasteiger partial charge on any atom is 0.316 e. The van der Waals surface area contributed by atoms with Crippen molar-refractivity contribution in [2.45, 2.75) is 30.9 Å². The van der Waals surface area contributed by atoms with Crippen molar-refractivity contribution in [3.63, 3.8) is 0 Å². The highest BCUT2D eigenvalue weighted by atomic mass is 32.1. The van der Waals surface area contributed by atoms with Crippen molar-refractivity contribution in [2.24, 2.45) is 0 Å². The van der Waals surface area contributed by atoms with E-state index in [0.29, 0.717) is 6.42 Å². The van der Waals surface area contributed by atoms with Gasteiger partial charge in [-0.05, 0) is 24.8 Å². The van der Waals surface area contributed by atoms with Crippen LogP contribution in [0.1, 0.15) is 24.8 Å². The molecule has 0 amide bonds. The van der Waals surface area contributed by atoms with E-state index in [-0.39, 0.29) is 0 Å². The molecular weight excluding hydrogens is 208 g/mol. The van der Waals surface area contributed by atoms with Crippen LogP contribution in [0, 0.1) is 0 Å². The molecule has 0 bridgehead atoms. The fraction of sp³-hybridized carbons (Fsp3) is 0.417. The molecule has 0 spiro atoms. The van der Waals surface area contributed by atoms with Crippen molar-refractivity contribution in [3.8, 4) is 0 Å². The Bertz CT molecular complexity index is 298. The Morgan fingerprint density at radius 2 is 1.93 bits per heavy atom. The Hall–Kier alpha value is -0.960. The van der Waals surface area contributed by atoms with Gasteiger partial charge in [-0.15, -0.1) is 0 Å². The van der Waals surface area contributed by atoms with Crippen molar-refractivity contribution in [3.05, 3.63) is 35.9 Å². The van der Waals surface area contributed by atoms with E-state index in [1.165, 1.54) is 5.56 Å². The number of rotatable bonds is 6. The summed E-state index contributed by atoms with van der Waals surface area (Å²) >= 11 is 3.99. The highest BCUT2D eigenvalue weighted by Crippen LogP contribution is 2.10. The van der Waals surface area contributed by atoms with Crippen LogP contribution >= 0.6 is 12.6 Å². The van der Waals surface area contributed by atoms with Crippen molar-refractivity contribution < 1.29 is 9.90 Å². The summed E-state index contributed by atoms with van der Waals surface area (Å²) in [4.78, 5) is 10.5. The van der Waals surface area contributed by atoms with Gasteiger partial charge >= 0.3 is 5.97 Å². The largest absolute Gasteiger partial charge is 0.480 e. The molecule has 0 saturated carbocycles. The molecule has 1 aromatic carbocycles. The van der Waals surface area contributed by atoms with Crippen molar-refractivity contribution >= 4 is 18.6 Å². The fourth-order valence-corrected chi connectivity index (χ4v) is 1.62. The lowest BCUT2D eigenvalue weighted by Crippen LogP contribution is -2.12. The molecule has 0 aliphatic rings. The average molecular weight is 224 g/mol. The van der Waals surface area contributed by atoms with Gasteiger partial charge in [-0.1, -0.05) is 36.8 Å². The third-order valence-corrected chi connectivity index (χ3v) is 2.80. The van der Waals surface area contributed by atoms with E-state index in [1.807, 2.05) is 18.2 Å². The van der Waals surface area contributed by atoms with E-state index in [9.17, 15) is 4.79 Å². The van der Waals surface area contributed by atoms with Gasteiger partial charge in [0.05, 0.1) is 5.25 Å². The van der Waals surface area contributed by atoms with Gasteiger partial charge in [-0.2, -0.15) is 12.6 Å². The number of hydrogen-bond acceptors (Lipinski definition) is 2. The summed E-state index contributed by atoms with van der Waals surface area (Å²) in [6.07, 6.45) is 3.59. The number of thiol groups is 1. The lowest BCUT2D eigenvalue weighted by Gasteiger charge is -2.04. The van der Waals surface area contributed by atoms with Crippen molar-refractivity contribution in [1.29, 1.82) is 0 Å². The molecule has 1 atom stereocenters. The van der Waals surface area contributed by atoms with Crippen LogP contribution in [-0.4, -0.2) is 16.3 Å². The molecule has 1 rings (SSSR count). The summed E-state index contributed by atoms with van der Waals surface area (Å²) in [6.45, 7) is 0. The van der Waals surface area contributed by atoms with E-state index in [1.54, 1.807) is 0 Å². The molecule has 1 unspecified atom stereocenters. The predicted octanol–water partition coefficient (Wildman–Crippen LogP) is 2.78. The molecule has 82 valence electrons. The van der Waals surface area contributed by atoms with Crippen molar-refractivity contribution in [1.82, 2.24) is 0 Å². The van der Waals surface area contributed by atoms with Crippen LogP contribution in [-0.2, 0) is 11.2 Å². The number of carbonyl (C=O) groups is 1. The van der Waals surface area contributed by atoms with Crippen LogP contribution < -0.4 is 0 Å². The number of aryl methyl sites for hydroxylation is 1. The first-order valence-corrected chi connectivity index (χ1v) is 5.66. The van der Waals surface area contributed by atoms with Gasteiger partial charge in [0.25, 0.3) is 0 Å². The third kappa shape index (κ3) is 4.88. The summed E-state index contributed by atoms with van der Waals surface area (Å²) in [5.41, 5.74) is 1.31. The lowest BCUT2D eigenvalue weighted by atomic mass is 10.1. The second-order valence-corrected chi connectivity index (χ2v) is 4.21. The monoisotopic (exact) mass is 224 g/mol. The Morgan fingerprint density at radius 1 is 1.27 bits per heavy atom. The molecule has 3 heteroatoms. The zero-order valence-corrected chi connectivity index (χ0v) is 9.49. The van der Waals surface area contributed by atoms with Crippen LogP contribution in [0.3, 0.4) is 0 Å². The first-order chi connectivity index (χ1) is 7.20. The Morgan fingerprint density at radius 3 is 2.53 bits per heavy atom.